The Kier molecular flexibility index (Phi) is 5.22. The Morgan fingerprint density at radius 1 is 1.07 bits per heavy atom. The molecule has 0 fully saturated rings. The number of para-hydroxylation sites is 1. The van der Waals surface area contributed by atoms with Crippen LogP contribution in [0.1, 0.15) is 15.9 Å². The van der Waals surface area contributed by atoms with Gasteiger partial charge in [-0.05, 0) is 41.8 Å². The van der Waals surface area contributed by atoms with Gasteiger partial charge in [-0.3, -0.25) is 10.2 Å². The number of benzene rings is 3. The summed E-state index contributed by atoms with van der Waals surface area (Å²) in [5, 5.41) is 8.04. The quantitative estimate of drug-likeness (QED) is 0.219. The van der Waals surface area contributed by atoms with Crippen LogP contribution >= 0.6 is 0 Å². The summed E-state index contributed by atoms with van der Waals surface area (Å²) in [4.78, 5) is 22.4. The van der Waals surface area contributed by atoms with Crippen LogP contribution in [0.25, 0.3) is 10.8 Å². The second kappa shape index (κ2) is 7.63. The number of esters is 1. The Balaban J connectivity index is 2.06. The molecule has 0 aliphatic carbocycles. The first-order chi connectivity index (χ1) is 13.7. The van der Waals surface area contributed by atoms with Gasteiger partial charge < -0.3 is 15.2 Å². The fourth-order valence-corrected chi connectivity index (χ4v) is 2.61. The van der Waals surface area contributed by atoms with Crippen molar-refractivity contribution in [3.05, 3.63) is 65.7 Å². The molecule has 0 aliphatic heterocycles. The number of nitrogens with one attached hydrogen (secondary N) is 1. The Morgan fingerprint density at radius 3 is 2.45 bits per heavy atom. The highest BCUT2D eigenvalue weighted by molar-refractivity contribution is 6.05. The Morgan fingerprint density at radius 2 is 1.79 bits per heavy atom. The number of amidine groups is 1. The van der Waals surface area contributed by atoms with E-state index in [1.807, 2.05) is 0 Å². The van der Waals surface area contributed by atoms with E-state index < -0.39 is 23.7 Å². The first-order valence-electron chi connectivity index (χ1n) is 8.13. The number of hydrogen-bond donors (Lipinski definition) is 2. The summed E-state index contributed by atoms with van der Waals surface area (Å²) in [5.74, 6) is -2.86. The fourth-order valence-electron chi connectivity index (χ4n) is 2.61. The molecule has 0 radical (unpaired) electrons. The highest BCUT2D eigenvalue weighted by Crippen LogP contribution is 2.35. The zero-order valence-corrected chi connectivity index (χ0v) is 14.6. The molecular weight excluding hydrogens is 389 g/mol. The lowest BCUT2D eigenvalue weighted by molar-refractivity contribution is -0.189. The van der Waals surface area contributed by atoms with E-state index in [1.54, 1.807) is 24.3 Å². The monoisotopic (exact) mass is 402 g/mol. The van der Waals surface area contributed by atoms with Crippen molar-refractivity contribution in [1.29, 1.82) is 5.41 Å². The van der Waals surface area contributed by atoms with E-state index >= 15 is 0 Å². The lowest BCUT2D eigenvalue weighted by Gasteiger charge is -2.14. The molecule has 0 spiro atoms. The average Bonchev–Trinajstić information content (AvgIpc) is 2.67. The summed E-state index contributed by atoms with van der Waals surface area (Å²) < 4.78 is 48.1. The number of rotatable bonds is 5. The molecule has 0 bridgehead atoms. The molecule has 3 aromatic carbocycles. The van der Waals surface area contributed by atoms with Crippen molar-refractivity contribution < 1.29 is 32.2 Å². The number of alkyl halides is 3. The number of hydrogen-bond acceptors (Lipinski definition) is 5. The summed E-state index contributed by atoms with van der Waals surface area (Å²) in [6, 6.07) is 13.6. The van der Waals surface area contributed by atoms with Gasteiger partial charge in [0.1, 0.15) is 23.1 Å². The van der Waals surface area contributed by atoms with Crippen molar-refractivity contribution >= 4 is 28.9 Å². The van der Waals surface area contributed by atoms with Crippen molar-refractivity contribution in [2.24, 2.45) is 5.73 Å². The van der Waals surface area contributed by atoms with Gasteiger partial charge in [-0.2, -0.15) is 13.2 Å². The summed E-state index contributed by atoms with van der Waals surface area (Å²) >= 11 is 0. The number of nitrogens with two attached hydrogens (primary N) is 1. The van der Waals surface area contributed by atoms with Gasteiger partial charge >= 0.3 is 12.1 Å². The van der Waals surface area contributed by atoms with Gasteiger partial charge in [0.2, 0.25) is 0 Å². The van der Waals surface area contributed by atoms with Crippen LogP contribution in [0, 0.1) is 5.41 Å². The minimum Gasteiger partial charge on any atom is -0.457 e. The molecule has 0 amide bonds. The van der Waals surface area contributed by atoms with E-state index in [4.69, 9.17) is 15.9 Å². The lowest BCUT2D eigenvalue weighted by atomic mass is 10.0. The molecule has 148 valence electrons. The Bertz CT molecular complexity index is 1130. The van der Waals surface area contributed by atoms with Crippen LogP contribution in [0.4, 0.5) is 13.2 Å². The topological polar surface area (TPSA) is 102 Å². The number of carbonyl (C=O) groups excluding carboxylic acids is 2. The maximum Gasteiger partial charge on any atom is 0.491 e. The number of carbonyl (C=O) groups is 2. The molecule has 0 aromatic heterocycles. The van der Waals surface area contributed by atoms with Crippen LogP contribution in [-0.2, 0) is 4.79 Å². The van der Waals surface area contributed by atoms with E-state index in [9.17, 15) is 22.8 Å². The van der Waals surface area contributed by atoms with E-state index in [1.165, 1.54) is 30.3 Å². The number of ether oxygens (including phenoxy) is 2. The molecule has 0 heterocycles. The van der Waals surface area contributed by atoms with E-state index in [0.717, 1.165) is 0 Å². The third-order valence-corrected chi connectivity index (χ3v) is 3.93. The molecule has 3 aromatic rings. The fraction of sp³-hybridized carbons (Fsp3) is 0.0500. The van der Waals surface area contributed by atoms with Crippen LogP contribution in [0.3, 0.4) is 0 Å². The second-order valence-electron chi connectivity index (χ2n) is 5.88. The van der Waals surface area contributed by atoms with Crippen molar-refractivity contribution in [1.82, 2.24) is 0 Å². The van der Waals surface area contributed by atoms with Gasteiger partial charge in [-0.1, -0.05) is 18.2 Å². The highest BCUT2D eigenvalue weighted by Gasteiger charge is 2.42. The van der Waals surface area contributed by atoms with Gasteiger partial charge in [0.05, 0.1) is 11.1 Å². The maximum atomic E-state index is 12.6. The number of nitrogen functional groups attached to an aromatic ring is 1. The van der Waals surface area contributed by atoms with Crippen LogP contribution in [0.2, 0.25) is 0 Å². The van der Waals surface area contributed by atoms with E-state index in [0.29, 0.717) is 28.7 Å². The number of fused-ring (bicyclic) bond motifs is 1. The SMILES string of the molecule is N=C(N)c1ccc2cc(Oc3ccccc3C=O)ccc2c1OC(=O)C(F)(F)F. The molecule has 3 rings (SSSR count). The molecule has 0 saturated carbocycles. The van der Waals surface area contributed by atoms with Crippen molar-refractivity contribution in [2.75, 3.05) is 0 Å². The molecule has 0 unspecified atom stereocenters. The standard InChI is InChI=1S/C20H13F3N2O4/c21-20(22,23)19(27)29-17-14-8-6-13(9-11(14)5-7-15(17)18(24)25)28-16-4-2-1-3-12(16)10-26/h1-10H,(H3,24,25). The molecular formula is C20H13F3N2O4. The zero-order valence-electron chi connectivity index (χ0n) is 14.6. The lowest BCUT2D eigenvalue weighted by Crippen LogP contribution is -2.29. The zero-order chi connectivity index (χ0) is 21.2. The third kappa shape index (κ3) is 4.18. The van der Waals surface area contributed by atoms with Crippen molar-refractivity contribution in [2.45, 2.75) is 6.18 Å². The van der Waals surface area contributed by atoms with Gasteiger partial charge in [-0.15, -0.1) is 0 Å². The molecule has 0 aliphatic rings. The first-order valence-corrected chi connectivity index (χ1v) is 8.13. The highest BCUT2D eigenvalue weighted by atomic mass is 19.4. The molecule has 0 saturated heterocycles. The van der Waals surface area contributed by atoms with Gasteiger partial charge in [0.25, 0.3) is 0 Å². The summed E-state index contributed by atoms with van der Waals surface area (Å²) in [5.41, 5.74) is 5.57. The predicted octanol–water partition coefficient (Wildman–Crippen LogP) is 4.20. The van der Waals surface area contributed by atoms with Gasteiger partial charge in [-0.25, -0.2) is 4.79 Å². The molecule has 6 nitrogen and oxygen atoms in total. The Labute approximate surface area is 162 Å². The van der Waals surface area contributed by atoms with Crippen LogP contribution in [0.5, 0.6) is 17.2 Å². The smallest absolute Gasteiger partial charge is 0.457 e. The van der Waals surface area contributed by atoms with Crippen molar-refractivity contribution in [3.63, 3.8) is 0 Å². The maximum absolute atomic E-state index is 12.6. The van der Waals surface area contributed by atoms with Crippen LogP contribution in [-0.4, -0.2) is 24.3 Å². The summed E-state index contributed by atoms with van der Waals surface area (Å²) in [6.07, 6.45) is -4.58. The average molecular weight is 402 g/mol. The van der Waals surface area contributed by atoms with Gasteiger partial charge in [0.15, 0.2) is 6.29 Å². The molecule has 9 heteroatoms. The first kappa shape index (κ1) is 19.9. The summed E-state index contributed by atoms with van der Waals surface area (Å²) in [6.45, 7) is 0. The van der Waals surface area contributed by atoms with Crippen molar-refractivity contribution in [3.8, 4) is 17.2 Å². The van der Waals surface area contributed by atoms with E-state index in [-0.39, 0.29) is 10.9 Å². The molecule has 29 heavy (non-hydrogen) atoms. The Hall–Kier alpha value is -3.88. The van der Waals surface area contributed by atoms with Gasteiger partial charge in [0, 0.05) is 5.39 Å². The normalized spacial score (nSPS) is 11.1. The largest absolute Gasteiger partial charge is 0.491 e. The predicted molar refractivity (Wildman–Crippen MR) is 98.6 cm³/mol. The number of aldehydes is 1. The second-order valence-corrected chi connectivity index (χ2v) is 5.88. The minimum atomic E-state index is -5.21. The van der Waals surface area contributed by atoms with E-state index in [2.05, 4.69) is 4.74 Å². The summed E-state index contributed by atoms with van der Waals surface area (Å²) in [7, 11) is 0. The third-order valence-electron chi connectivity index (χ3n) is 3.93. The molecule has 3 N–H and O–H groups in total. The van der Waals surface area contributed by atoms with Crippen LogP contribution in [0.15, 0.2) is 54.6 Å². The molecule has 0 atom stereocenters. The minimum absolute atomic E-state index is 0.131. The van der Waals surface area contributed by atoms with Crippen LogP contribution < -0.4 is 15.2 Å². The number of halogens is 3.